The zero-order chi connectivity index (χ0) is 20.5. The van der Waals surface area contributed by atoms with Gasteiger partial charge < -0.3 is 9.80 Å². The molecule has 0 N–H and O–H groups in total. The fraction of sp³-hybridized carbons (Fsp3) is 0.294. The molecule has 2 heterocycles. The van der Waals surface area contributed by atoms with Gasteiger partial charge >= 0.3 is 0 Å². The minimum Gasteiger partial charge on any atom is -0.362 e. The molecule has 0 unspecified atom stereocenters. The number of sulfone groups is 1. The van der Waals surface area contributed by atoms with Gasteiger partial charge in [0.25, 0.3) is 11.6 Å². The molecule has 2 aromatic rings. The molecule has 11 heteroatoms. The quantitative estimate of drug-likeness (QED) is 0.419. The normalized spacial score (nSPS) is 14.8. The molecule has 0 spiro atoms. The number of carbonyl (C=O) groups excluding carboxylic acids is 1. The summed E-state index contributed by atoms with van der Waals surface area (Å²) in [4.78, 5) is 30.6. The van der Waals surface area contributed by atoms with E-state index in [9.17, 15) is 23.3 Å². The molecule has 1 aromatic carbocycles. The van der Waals surface area contributed by atoms with Crippen molar-refractivity contribution in [1.29, 1.82) is 0 Å². The maximum absolute atomic E-state index is 12.6. The highest BCUT2D eigenvalue weighted by molar-refractivity contribution is 7.90. The first-order valence-electron chi connectivity index (χ1n) is 8.31. The molecular formula is C17H17ClN4O5S. The molecular weight excluding hydrogens is 408 g/mol. The number of nitrogens with zero attached hydrogens (tertiary/aromatic N) is 4. The lowest BCUT2D eigenvalue weighted by molar-refractivity contribution is -0.384. The molecule has 1 aliphatic rings. The third-order valence-electron chi connectivity index (χ3n) is 4.45. The highest BCUT2D eigenvalue weighted by Crippen LogP contribution is 2.31. The summed E-state index contributed by atoms with van der Waals surface area (Å²) in [7, 11) is -3.55. The van der Waals surface area contributed by atoms with E-state index in [2.05, 4.69) is 4.98 Å². The Labute approximate surface area is 166 Å². The highest BCUT2D eigenvalue weighted by Gasteiger charge is 2.27. The molecule has 1 aromatic heterocycles. The van der Waals surface area contributed by atoms with Crippen LogP contribution in [0.2, 0.25) is 5.15 Å². The molecule has 1 saturated heterocycles. The van der Waals surface area contributed by atoms with Crippen LogP contribution in [-0.4, -0.2) is 61.6 Å². The van der Waals surface area contributed by atoms with Crippen LogP contribution in [0.5, 0.6) is 0 Å². The molecule has 9 nitrogen and oxygen atoms in total. The van der Waals surface area contributed by atoms with E-state index in [-0.39, 0.29) is 21.6 Å². The van der Waals surface area contributed by atoms with Crippen LogP contribution in [0.1, 0.15) is 10.4 Å². The predicted octanol–water partition coefficient (Wildman–Crippen LogP) is 2.01. The lowest BCUT2D eigenvalue weighted by Gasteiger charge is -2.35. The summed E-state index contributed by atoms with van der Waals surface area (Å²) < 4.78 is 23.4. The van der Waals surface area contributed by atoms with E-state index in [0.29, 0.717) is 37.4 Å². The van der Waals surface area contributed by atoms with Gasteiger partial charge in [-0.2, -0.15) is 0 Å². The number of nitro benzene ring substituents is 1. The number of anilines is 1. The number of aromatic nitrogens is 1. The van der Waals surface area contributed by atoms with Crippen LogP contribution in [0.15, 0.2) is 41.4 Å². The first-order chi connectivity index (χ1) is 13.2. The minimum atomic E-state index is -3.55. The van der Waals surface area contributed by atoms with Crippen molar-refractivity contribution < 1.29 is 18.1 Å². The zero-order valence-electron chi connectivity index (χ0n) is 14.9. The van der Waals surface area contributed by atoms with E-state index in [4.69, 9.17) is 11.6 Å². The zero-order valence-corrected chi connectivity index (χ0v) is 16.5. The van der Waals surface area contributed by atoms with E-state index < -0.39 is 14.8 Å². The Balaban J connectivity index is 1.78. The summed E-state index contributed by atoms with van der Waals surface area (Å²) in [5.41, 5.74) is 0.483. The van der Waals surface area contributed by atoms with Crippen LogP contribution in [0.25, 0.3) is 0 Å². The molecule has 28 heavy (non-hydrogen) atoms. The molecule has 0 aliphatic carbocycles. The standard InChI is InChI=1S/C17H17ClN4O5S/c1-28(26,27)13-2-3-14(15(11-13)22(24)25)20-6-8-21(9-7-20)17(23)12-4-5-19-16(18)10-12/h2-5,10-11H,6-9H2,1H3. The van der Waals surface area contributed by atoms with Crippen molar-refractivity contribution in [1.82, 2.24) is 9.88 Å². The van der Waals surface area contributed by atoms with Gasteiger partial charge in [-0.05, 0) is 24.3 Å². The maximum atomic E-state index is 12.6. The minimum absolute atomic E-state index is 0.105. The van der Waals surface area contributed by atoms with Gasteiger partial charge in [-0.15, -0.1) is 0 Å². The van der Waals surface area contributed by atoms with Crippen molar-refractivity contribution in [2.45, 2.75) is 4.90 Å². The molecule has 3 rings (SSSR count). The maximum Gasteiger partial charge on any atom is 0.293 e. The summed E-state index contributed by atoms with van der Waals surface area (Å²) in [6.07, 6.45) is 2.46. The first kappa shape index (κ1) is 20.0. The second-order valence-electron chi connectivity index (χ2n) is 6.33. The fourth-order valence-electron chi connectivity index (χ4n) is 3.02. The number of nitro groups is 1. The number of rotatable bonds is 4. The van der Waals surface area contributed by atoms with Gasteiger partial charge in [-0.3, -0.25) is 14.9 Å². The van der Waals surface area contributed by atoms with E-state index in [1.807, 2.05) is 0 Å². The third kappa shape index (κ3) is 4.23. The van der Waals surface area contributed by atoms with Crippen LogP contribution in [0, 0.1) is 10.1 Å². The Bertz CT molecular complexity index is 1040. The van der Waals surface area contributed by atoms with E-state index >= 15 is 0 Å². The van der Waals surface area contributed by atoms with Gasteiger partial charge in [0.2, 0.25) is 0 Å². The highest BCUT2D eigenvalue weighted by atomic mass is 35.5. The number of hydrogen-bond donors (Lipinski definition) is 0. The topological polar surface area (TPSA) is 114 Å². The van der Waals surface area contributed by atoms with Crippen molar-refractivity contribution in [3.63, 3.8) is 0 Å². The van der Waals surface area contributed by atoms with Gasteiger partial charge in [0.1, 0.15) is 10.8 Å². The summed E-state index contributed by atoms with van der Waals surface area (Å²) >= 11 is 5.83. The summed E-state index contributed by atoms with van der Waals surface area (Å²) in [5, 5.41) is 11.7. The summed E-state index contributed by atoms with van der Waals surface area (Å²) in [5.74, 6) is -0.189. The van der Waals surface area contributed by atoms with Gasteiger partial charge in [-0.1, -0.05) is 11.6 Å². The first-order valence-corrected chi connectivity index (χ1v) is 10.6. The lowest BCUT2D eigenvalue weighted by atomic mass is 10.2. The van der Waals surface area contributed by atoms with E-state index in [1.165, 1.54) is 24.4 Å². The Morgan fingerprint density at radius 2 is 1.86 bits per heavy atom. The number of carbonyl (C=O) groups is 1. The molecule has 148 valence electrons. The van der Waals surface area contributed by atoms with Gasteiger partial charge in [-0.25, -0.2) is 13.4 Å². The lowest BCUT2D eigenvalue weighted by Crippen LogP contribution is -2.49. The monoisotopic (exact) mass is 424 g/mol. The number of halogens is 1. The van der Waals surface area contributed by atoms with Gasteiger partial charge in [0.15, 0.2) is 9.84 Å². The van der Waals surface area contributed by atoms with Crippen LogP contribution >= 0.6 is 11.6 Å². The molecule has 0 atom stereocenters. The van der Waals surface area contributed by atoms with Crippen molar-refractivity contribution >= 4 is 38.7 Å². The summed E-state index contributed by atoms with van der Waals surface area (Å²) in [6, 6.07) is 6.93. The van der Waals surface area contributed by atoms with Crippen molar-refractivity contribution in [2.75, 3.05) is 37.3 Å². The Morgan fingerprint density at radius 3 is 2.43 bits per heavy atom. The van der Waals surface area contributed by atoms with Crippen molar-refractivity contribution in [3.8, 4) is 0 Å². The Kier molecular flexibility index (Phi) is 5.52. The molecule has 1 amide bonds. The average Bonchev–Trinajstić information content (AvgIpc) is 2.66. The van der Waals surface area contributed by atoms with E-state index in [0.717, 1.165) is 12.3 Å². The van der Waals surface area contributed by atoms with Crippen LogP contribution in [-0.2, 0) is 9.84 Å². The van der Waals surface area contributed by atoms with Gasteiger partial charge in [0.05, 0.1) is 9.82 Å². The van der Waals surface area contributed by atoms with Crippen LogP contribution < -0.4 is 4.90 Å². The Hall–Kier alpha value is -2.72. The number of amides is 1. The SMILES string of the molecule is CS(=O)(=O)c1ccc(N2CCN(C(=O)c3ccnc(Cl)c3)CC2)c([N+](=O)[O-])c1. The smallest absolute Gasteiger partial charge is 0.293 e. The molecule has 1 fully saturated rings. The average molecular weight is 425 g/mol. The number of pyridine rings is 1. The molecule has 0 saturated carbocycles. The third-order valence-corrected chi connectivity index (χ3v) is 5.77. The summed E-state index contributed by atoms with van der Waals surface area (Å²) in [6.45, 7) is 1.49. The Morgan fingerprint density at radius 1 is 1.18 bits per heavy atom. The predicted molar refractivity (Wildman–Crippen MR) is 104 cm³/mol. The van der Waals surface area contributed by atoms with Crippen molar-refractivity contribution in [2.24, 2.45) is 0 Å². The second-order valence-corrected chi connectivity index (χ2v) is 8.73. The fourth-order valence-corrected chi connectivity index (χ4v) is 3.83. The number of piperazine rings is 1. The number of benzene rings is 1. The molecule has 0 radical (unpaired) electrons. The largest absolute Gasteiger partial charge is 0.362 e. The molecule has 0 bridgehead atoms. The molecule has 1 aliphatic heterocycles. The van der Waals surface area contributed by atoms with Crippen LogP contribution in [0.4, 0.5) is 11.4 Å². The van der Waals surface area contributed by atoms with Gasteiger partial charge in [0, 0.05) is 50.3 Å². The second kappa shape index (κ2) is 7.72. The van der Waals surface area contributed by atoms with E-state index in [1.54, 1.807) is 15.9 Å². The van der Waals surface area contributed by atoms with Crippen LogP contribution in [0.3, 0.4) is 0 Å². The van der Waals surface area contributed by atoms with Crippen molar-refractivity contribution in [3.05, 3.63) is 57.4 Å². The number of hydrogen-bond acceptors (Lipinski definition) is 7.